The highest BCUT2D eigenvalue weighted by molar-refractivity contribution is 5.86. The number of rotatable bonds is 10. The molecule has 0 atom stereocenters. The first-order chi connectivity index (χ1) is 18.0. The summed E-state index contributed by atoms with van der Waals surface area (Å²) in [6, 6.07) is 18.1. The first-order valence-electron chi connectivity index (χ1n) is 12.2. The second kappa shape index (κ2) is 10.7. The van der Waals surface area contributed by atoms with Crippen molar-refractivity contribution in [3.05, 3.63) is 96.0 Å². The summed E-state index contributed by atoms with van der Waals surface area (Å²) in [6.45, 7) is 9.06. The minimum absolute atomic E-state index is 0.0924. The first kappa shape index (κ1) is 24.2. The lowest BCUT2D eigenvalue weighted by molar-refractivity contribution is 0.296. The average molecular weight is 498 g/mol. The van der Waals surface area contributed by atoms with Gasteiger partial charge in [-0.05, 0) is 84.4 Å². The molecule has 0 aliphatic heterocycles. The van der Waals surface area contributed by atoms with Gasteiger partial charge in [0.05, 0.1) is 0 Å². The van der Waals surface area contributed by atoms with Crippen LogP contribution in [0.3, 0.4) is 0 Å². The van der Waals surface area contributed by atoms with Crippen molar-refractivity contribution in [3.63, 3.8) is 0 Å². The molecule has 0 aliphatic carbocycles. The van der Waals surface area contributed by atoms with Gasteiger partial charge in [0.15, 0.2) is 5.82 Å². The molecular weight excluding hydrogens is 469 g/mol. The molecule has 0 radical (unpaired) electrons. The van der Waals surface area contributed by atoms with Crippen LogP contribution in [0.2, 0.25) is 0 Å². The number of hydrogen-bond donors (Lipinski definition) is 1. The molecule has 0 aliphatic rings. The number of hydrogen-bond acceptors (Lipinski definition) is 5. The standard InChI is InChI=1S/C29H28FN5O2/c1-4-5-25-24-14-15-35(17-19(2)3)27(24)12-13-28(25)36-18-21-16-23(10-11-26(21)30)37-22-8-6-20(7-9-22)29-31-33-34-32-29/h6-16H,2,4-5,17-18H2,1,3H3,(H,31,32,33,34). The highest BCUT2D eigenvalue weighted by Gasteiger charge is 2.14. The Labute approximate surface area is 214 Å². The molecule has 0 bridgehead atoms. The summed E-state index contributed by atoms with van der Waals surface area (Å²) in [5.41, 5.74) is 4.63. The zero-order valence-electron chi connectivity index (χ0n) is 20.9. The van der Waals surface area contributed by atoms with Crippen molar-refractivity contribution in [2.75, 3.05) is 0 Å². The molecule has 188 valence electrons. The van der Waals surface area contributed by atoms with E-state index in [-0.39, 0.29) is 12.4 Å². The van der Waals surface area contributed by atoms with Crippen LogP contribution in [-0.4, -0.2) is 25.2 Å². The van der Waals surface area contributed by atoms with Crippen LogP contribution in [0.25, 0.3) is 22.3 Å². The van der Waals surface area contributed by atoms with E-state index >= 15 is 0 Å². The summed E-state index contributed by atoms with van der Waals surface area (Å²) in [5.74, 6) is 2.14. The number of benzene rings is 3. The molecule has 0 fully saturated rings. The summed E-state index contributed by atoms with van der Waals surface area (Å²) in [6.07, 6.45) is 3.93. The van der Waals surface area contributed by atoms with E-state index in [0.29, 0.717) is 22.9 Å². The molecule has 0 saturated carbocycles. The minimum Gasteiger partial charge on any atom is -0.488 e. The number of H-pyrrole nitrogens is 1. The van der Waals surface area contributed by atoms with E-state index in [1.165, 1.54) is 6.07 Å². The number of fused-ring (bicyclic) bond motifs is 1. The number of aryl methyl sites for hydroxylation is 1. The van der Waals surface area contributed by atoms with Gasteiger partial charge in [0.1, 0.15) is 29.7 Å². The average Bonchev–Trinajstić information content (AvgIpc) is 3.56. The summed E-state index contributed by atoms with van der Waals surface area (Å²) in [4.78, 5) is 0. The Morgan fingerprint density at radius 1 is 1.05 bits per heavy atom. The van der Waals surface area contributed by atoms with E-state index in [2.05, 4.69) is 57.0 Å². The Balaban J connectivity index is 1.33. The topological polar surface area (TPSA) is 77.8 Å². The second-order valence-corrected chi connectivity index (χ2v) is 9.04. The summed E-state index contributed by atoms with van der Waals surface area (Å²) >= 11 is 0. The van der Waals surface area contributed by atoms with Crippen LogP contribution in [0.15, 0.2) is 79.0 Å². The normalized spacial score (nSPS) is 11.1. The Bertz CT molecular complexity index is 1520. The van der Waals surface area contributed by atoms with Crippen LogP contribution < -0.4 is 9.47 Å². The molecule has 0 spiro atoms. The number of aromatic nitrogens is 5. The van der Waals surface area contributed by atoms with Crippen molar-refractivity contribution < 1.29 is 13.9 Å². The molecule has 2 heterocycles. The minimum atomic E-state index is -0.341. The lowest BCUT2D eigenvalue weighted by Gasteiger charge is -2.15. The zero-order chi connectivity index (χ0) is 25.8. The van der Waals surface area contributed by atoms with Crippen LogP contribution in [0.4, 0.5) is 4.39 Å². The van der Waals surface area contributed by atoms with Crippen molar-refractivity contribution in [1.82, 2.24) is 25.2 Å². The molecule has 37 heavy (non-hydrogen) atoms. The van der Waals surface area contributed by atoms with Crippen molar-refractivity contribution in [1.29, 1.82) is 0 Å². The molecular formula is C29H28FN5O2. The molecule has 0 unspecified atom stereocenters. The van der Waals surface area contributed by atoms with Gasteiger partial charge in [-0.1, -0.05) is 25.5 Å². The number of nitrogens with one attached hydrogen (secondary N) is 1. The monoisotopic (exact) mass is 497 g/mol. The van der Waals surface area contributed by atoms with Crippen LogP contribution >= 0.6 is 0 Å². The number of aromatic amines is 1. The highest BCUT2D eigenvalue weighted by Crippen LogP contribution is 2.32. The third kappa shape index (κ3) is 5.38. The lowest BCUT2D eigenvalue weighted by atomic mass is 10.0. The van der Waals surface area contributed by atoms with Gasteiger partial charge in [0.2, 0.25) is 0 Å². The molecule has 0 amide bonds. The van der Waals surface area contributed by atoms with Crippen LogP contribution in [-0.2, 0) is 19.6 Å². The number of halogens is 1. The highest BCUT2D eigenvalue weighted by atomic mass is 19.1. The van der Waals surface area contributed by atoms with E-state index in [4.69, 9.17) is 9.47 Å². The number of nitrogens with zero attached hydrogens (tertiary/aromatic N) is 4. The largest absolute Gasteiger partial charge is 0.488 e. The summed E-state index contributed by atoms with van der Waals surface area (Å²) < 4.78 is 29.0. The zero-order valence-corrected chi connectivity index (χ0v) is 20.9. The number of tetrazole rings is 1. The number of allylic oxidation sites excluding steroid dienone is 1. The van der Waals surface area contributed by atoms with Gasteiger partial charge in [-0.15, -0.1) is 5.10 Å². The lowest BCUT2D eigenvalue weighted by Crippen LogP contribution is -2.02. The van der Waals surface area contributed by atoms with Crippen molar-refractivity contribution in [2.45, 2.75) is 39.8 Å². The quantitative estimate of drug-likeness (QED) is 0.213. The Kier molecular flexibility index (Phi) is 6.98. The molecule has 8 heteroatoms. The molecule has 5 rings (SSSR count). The van der Waals surface area contributed by atoms with Crippen molar-refractivity contribution in [3.8, 4) is 28.6 Å². The maximum atomic E-state index is 14.7. The molecule has 2 aromatic heterocycles. The maximum absolute atomic E-state index is 14.7. The SMILES string of the molecule is C=C(C)Cn1ccc2c(CCC)c(OCc3cc(Oc4ccc(-c5nnn[nH]5)cc4)ccc3F)ccc21. The first-order valence-corrected chi connectivity index (χ1v) is 12.2. The van der Waals surface area contributed by atoms with Crippen LogP contribution in [0, 0.1) is 5.82 Å². The van der Waals surface area contributed by atoms with E-state index in [1.54, 1.807) is 12.1 Å². The Hall–Kier alpha value is -4.46. The third-order valence-corrected chi connectivity index (χ3v) is 6.07. The smallest absolute Gasteiger partial charge is 0.179 e. The van der Waals surface area contributed by atoms with Gasteiger partial charge >= 0.3 is 0 Å². The molecule has 3 aromatic carbocycles. The predicted octanol–water partition coefficient (Wildman–Crippen LogP) is 6.86. The van der Waals surface area contributed by atoms with Crippen molar-refractivity contribution >= 4 is 10.9 Å². The maximum Gasteiger partial charge on any atom is 0.179 e. The fourth-order valence-corrected chi connectivity index (χ4v) is 4.36. The van der Waals surface area contributed by atoms with Crippen molar-refractivity contribution in [2.24, 2.45) is 0 Å². The van der Waals surface area contributed by atoms with Gasteiger partial charge in [0, 0.05) is 40.3 Å². The fraction of sp³-hybridized carbons (Fsp3) is 0.207. The predicted molar refractivity (Wildman–Crippen MR) is 141 cm³/mol. The molecule has 5 aromatic rings. The molecule has 1 N–H and O–H groups in total. The third-order valence-electron chi connectivity index (χ3n) is 6.07. The molecule has 7 nitrogen and oxygen atoms in total. The number of ether oxygens (including phenoxy) is 2. The molecule has 0 saturated heterocycles. The summed E-state index contributed by atoms with van der Waals surface area (Å²) in [7, 11) is 0. The Morgan fingerprint density at radius 2 is 1.86 bits per heavy atom. The van der Waals surface area contributed by atoms with E-state index < -0.39 is 0 Å². The fourth-order valence-electron chi connectivity index (χ4n) is 4.36. The van der Waals surface area contributed by atoms with Crippen LogP contribution in [0.5, 0.6) is 17.2 Å². The summed E-state index contributed by atoms with van der Waals surface area (Å²) in [5, 5.41) is 14.9. The van der Waals surface area contributed by atoms with Crippen LogP contribution in [0.1, 0.15) is 31.4 Å². The Morgan fingerprint density at radius 3 is 2.59 bits per heavy atom. The van der Waals surface area contributed by atoms with Gasteiger partial charge in [-0.3, -0.25) is 0 Å². The second-order valence-electron chi connectivity index (χ2n) is 9.04. The van der Waals surface area contributed by atoms with Gasteiger partial charge < -0.3 is 14.0 Å². The van der Waals surface area contributed by atoms with Gasteiger partial charge in [-0.25, -0.2) is 9.49 Å². The van der Waals surface area contributed by atoms with Gasteiger partial charge in [0.25, 0.3) is 0 Å². The van der Waals surface area contributed by atoms with E-state index in [9.17, 15) is 4.39 Å². The van der Waals surface area contributed by atoms with E-state index in [1.807, 2.05) is 37.3 Å². The van der Waals surface area contributed by atoms with E-state index in [0.717, 1.165) is 52.7 Å². The van der Waals surface area contributed by atoms with Gasteiger partial charge in [-0.2, -0.15) is 0 Å².